The first-order valence-corrected chi connectivity index (χ1v) is 11.4. The Morgan fingerprint density at radius 1 is 1.06 bits per heavy atom. The largest absolute Gasteiger partial charge is 0.416 e. The van der Waals surface area contributed by atoms with E-state index in [1.54, 1.807) is 0 Å². The maximum atomic E-state index is 13.0. The second kappa shape index (κ2) is 9.09. The van der Waals surface area contributed by atoms with Crippen LogP contribution >= 0.6 is 0 Å². The Balaban J connectivity index is 1.37. The van der Waals surface area contributed by atoms with E-state index in [1.807, 2.05) is 36.2 Å². The molecule has 0 spiro atoms. The number of halogens is 3. The van der Waals surface area contributed by atoms with Crippen LogP contribution in [0.5, 0.6) is 0 Å². The van der Waals surface area contributed by atoms with Crippen LogP contribution in [0.25, 0.3) is 11.0 Å². The van der Waals surface area contributed by atoms with E-state index < -0.39 is 11.7 Å². The molecule has 0 atom stereocenters. The smallest absolute Gasteiger partial charge is 0.342 e. The van der Waals surface area contributed by atoms with Crippen LogP contribution in [0.4, 0.5) is 25.1 Å². The Morgan fingerprint density at radius 3 is 2.46 bits per heavy atom. The van der Waals surface area contributed by atoms with Crippen LogP contribution in [0, 0.1) is 0 Å². The van der Waals surface area contributed by atoms with Crippen LogP contribution in [0.3, 0.4) is 0 Å². The normalized spacial score (nSPS) is 15.0. The molecule has 1 aliphatic heterocycles. The van der Waals surface area contributed by atoms with E-state index in [1.165, 1.54) is 24.4 Å². The standard InChI is InChI=1S/C25H25F3N6O/c1-32(23-29-13-10-22(35)31-23)19-11-14-33(15-12-19)24-30-20-4-2-3-5-21(20)34(24)16-17-6-8-18(9-7-17)25(26,27)28/h2-10,13,19H,11-12,14-16H2,1H3,(H,29,31,35). The summed E-state index contributed by atoms with van der Waals surface area (Å²) in [6.07, 6.45) is -1.16. The van der Waals surface area contributed by atoms with Crippen LogP contribution < -0.4 is 15.4 Å². The van der Waals surface area contributed by atoms with Crippen LogP contribution in [0.2, 0.25) is 0 Å². The van der Waals surface area contributed by atoms with Gasteiger partial charge in [0.25, 0.3) is 5.56 Å². The zero-order valence-corrected chi connectivity index (χ0v) is 19.2. The lowest BCUT2D eigenvalue weighted by Gasteiger charge is -2.37. The maximum absolute atomic E-state index is 13.0. The fourth-order valence-corrected chi connectivity index (χ4v) is 4.61. The van der Waals surface area contributed by atoms with E-state index in [0.29, 0.717) is 12.5 Å². The Kier molecular flexibility index (Phi) is 5.96. The number of anilines is 2. The van der Waals surface area contributed by atoms with Crippen molar-refractivity contribution >= 4 is 22.9 Å². The number of hydrogen-bond acceptors (Lipinski definition) is 5. The molecule has 2 aromatic heterocycles. The molecule has 182 valence electrons. The zero-order valence-electron chi connectivity index (χ0n) is 19.2. The van der Waals surface area contributed by atoms with E-state index in [-0.39, 0.29) is 11.6 Å². The summed E-state index contributed by atoms with van der Waals surface area (Å²) in [6, 6.07) is 14.7. The number of hydrogen-bond donors (Lipinski definition) is 1. The van der Waals surface area contributed by atoms with Gasteiger partial charge in [0.05, 0.1) is 23.1 Å². The molecule has 1 saturated heterocycles. The highest BCUT2D eigenvalue weighted by Gasteiger charge is 2.30. The van der Waals surface area contributed by atoms with Crippen molar-refractivity contribution in [1.82, 2.24) is 19.5 Å². The van der Waals surface area contributed by atoms with Crippen molar-refractivity contribution in [3.05, 3.63) is 82.3 Å². The van der Waals surface area contributed by atoms with Gasteiger partial charge in [-0.25, -0.2) is 9.97 Å². The van der Waals surface area contributed by atoms with Crippen molar-refractivity contribution in [2.75, 3.05) is 29.9 Å². The molecule has 10 heteroatoms. The predicted molar refractivity (Wildman–Crippen MR) is 129 cm³/mol. The van der Waals surface area contributed by atoms with Gasteiger partial charge in [-0.15, -0.1) is 0 Å². The van der Waals surface area contributed by atoms with Crippen molar-refractivity contribution in [1.29, 1.82) is 0 Å². The Hall–Kier alpha value is -3.82. The number of imidazole rings is 1. The van der Waals surface area contributed by atoms with Gasteiger partial charge >= 0.3 is 6.18 Å². The number of alkyl halides is 3. The highest BCUT2D eigenvalue weighted by atomic mass is 19.4. The lowest BCUT2D eigenvalue weighted by molar-refractivity contribution is -0.137. The summed E-state index contributed by atoms with van der Waals surface area (Å²) in [7, 11) is 1.93. The first kappa shape index (κ1) is 22.9. The lowest BCUT2D eigenvalue weighted by Crippen LogP contribution is -2.45. The zero-order chi connectivity index (χ0) is 24.6. The quantitative estimate of drug-likeness (QED) is 0.460. The number of para-hydroxylation sites is 2. The summed E-state index contributed by atoms with van der Waals surface area (Å²) in [5.74, 6) is 1.35. The number of nitrogens with zero attached hydrogens (tertiary/aromatic N) is 5. The van der Waals surface area contributed by atoms with Crippen molar-refractivity contribution in [3.8, 4) is 0 Å². The molecule has 5 rings (SSSR count). The van der Waals surface area contributed by atoms with Crippen LogP contribution in [0.15, 0.2) is 65.6 Å². The van der Waals surface area contributed by atoms with E-state index in [9.17, 15) is 18.0 Å². The minimum Gasteiger partial charge on any atom is -0.342 e. The monoisotopic (exact) mass is 482 g/mol. The third-order valence-corrected chi connectivity index (χ3v) is 6.54. The lowest BCUT2D eigenvalue weighted by atomic mass is 10.0. The molecule has 1 N–H and O–H groups in total. The molecular formula is C25H25F3N6O. The molecule has 0 unspecified atom stereocenters. The van der Waals surface area contributed by atoms with Gasteiger partial charge < -0.3 is 14.4 Å². The van der Waals surface area contributed by atoms with Crippen molar-refractivity contribution in [2.24, 2.45) is 0 Å². The Morgan fingerprint density at radius 2 is 1.77 bits per heavy atom. The summed E-state index contributed by atoms with van der Waals surface area (Å²) in [6.45, 7) is 1.92. The number of piperidine rings is 1. The molecule has 0 radical (unpaired) electrons. The summed E-state index contributed by atoms with van der Waals surface area (Å²) in [4.78, 5) is 27.8. The predicted octanol–water partition coefficient (Wildman–Crippen LogP) is 4.29. The number of nitrogens with one attached hydrogen (secondary N) is 1. The van der Waals surface area contributed by atoms with Crippen molar-refractivity contribution in [3.63, 3.8) is 0 Å². The first-order chi connectivity index (χ1) is 16.8. The average molecular weight is 483 g/mol. The number of rotatable bonds is 5. The summed E-state index contributed by atoms with van der Waals surface area (Å²) in [5.41, 5.74) is 1.72. The van der Waals surface area contributed by atoms with Crippen molar-refractivity contribution < 1.29 is 13.2 Å². The van der Waals surface area contributed by atoms with E-state index >= 15 is 0 Å². The highest BCUT2D eigenvalue weighted by molar-refractivity contribution is 5.79. The number of H-pyrrole nitrogens is 1. The highest BCUT2D eigenvalue weighted by Crippen LogP contribution is 2.31. The van der Waals surface area contributed by atoms with Gasteiger partial charge in [-0.2, -0.15) is 13.2 Å². The molecule has 7 nitrogen and oxygen atoms in total. The number of benzene rings is 2. The molecule has 0 amide bonds. The first-order valence-electron chi connectivity index (χ1n) is 11.4. The van der Waals surface area contributed by atoms with Crippen LogP contribution in [0.1, 0.15) is 24.0 Å². The average Bonchev–Trinajstić information content (AvgIpc) is 3.22. The molecule has 0 saturated carbocycles. The maximum Gasteiger partial charge on any atom is 0.416 e. The molecule has 4 aromatic rings. The van der Waals surface area contributed by atoms with E-state index in [4.69, 9.17) is 4.98 Å². The van der Waals surface area contributed by atoms with E-state index in [0.717, 1.165) is 60.6 Å². The third-order valence-electron chi connectivity index (χ3n) is 6.54. The minimum atomic E-state index is -4.36. The number of aromatic nitrogens is 4. The summed E-state index contributed by atoms with van der Waals surface area (Å²) >= 11 is 0. The van der Waals surface area contributed by atoms with Crippen molar-refractivity contribution in [2.45, 2.75) is 31.6 Å². The number of aromatic amines is 1. The second-order valence-corrected chi connectivity index (χ2v) is 8.77. The molecule has 3 heterocycles. The fraction of sp³-hybridized carbons (Fsp3) is 0.320. The van der Waals surface area contributed by atoms with Gasteiger partial charge in [-0.3, -0.25) is 9.78 Å². The summed E-state index contributed by atoms with van der Waals surface area (Å²) in [5, 5.41) is 0. The molecule has 1 fully saturated rings. The molecule has 2 aromatic carbocycles. The van der Waals surface area contributed by atoms with Crippen LogP contribution in [-0.4, -0.2) is 45.7 Å². The van der Waals surface area contributed by atoms with Gasteiger partial charge in [0.1, 0.15) is 0 Å². The third kappa shape index (κ3) is 4.73. The Bertz CT molecular complexity index is 1370. The van der Waals surface area contributed by atoms with Gasteiger partial charge in [0, 0.05) is 38.4 Å². The fourth-order valence-electron chi connectivity index (χ4n) is 4.61. The second-order valence-electron chi connectivity index (χ2n) is 8.77. The van der Waals surface area contributed by atoms with Gasteiger partial charge in [-0.05, 0) is 42.7 Å². The molecule has 35 heavy (non-hydrogen) atoms. The number of fused-ring (bicyclic) bond motifs is 1. The van der Waals surface area contributed by atoms with Gasteiger partial charge in [0.2, 0.25) is 11.9 Å². The van der Waals surface area contributed by atoms with E-state index in [2.05, 4.69) is 19.4 Å². The van der Waals surface area contributed by atoms with Gasteiger partial charge in [0.15, 0.2) is 0 Å². The topological polar surface area (TPSA) is 70.1 Å². The SMILES string of the molecule is CN(c1nccc(=O)[nH]1)C1CCN(c2nc3ccccc3n2Cc2ccc(C(F)(F)F)cc2)CC1. The molecule has 0 bridgehead atoms. The van der Waals surface area contributed by atoms with Gasteiger partial charge in [-0.1, -0.05) is 24.3 Å². The molecule has 1 aliphatic rings. The molecular weight excluding hydrogens is 457 g/mol. The van der Waals surface area contributed by atoms with Crippen LogP contribution in [-0.2, 0) is 12.7 Å². The minimum absolute atomic E-state index is 0.184. The Labute approximate surface area is 199 Å². The summed E-state index contributed by atoms with van der Waals surface area (Å²) < 4.78 is 41.0. The molecule has 0 aliphatic carbocycles.